The molecule has 11 heavy (non-hydrogen) atoms. The second-order valence-corrected chi connectivity index (χ2v) is 2.26. The summed E-state index contributed by atoms with van der Waals surface area (Å²) < 4.78 is 4.50. The van der Waals surface area contributed by atoms with Crippen molar-refractivity contribution in [1.82, 2.24) is 0 Å². The summed E-state index contributed by atoms with van der Waals surface area (Å²) in [7, 11) is -1.60. The van der Waals surface area contributed by atoms with Crippen LogP contribution in [0.4, 0.5) is 0 Å². The fraction of sp³-hybridized carbons (Fsp3) is 1.00. The van der Waals surface area contributed by atoms with Crippen molar-refractivity contribution in [3.63, 3.8) is 0 Å². The molecule has 0 aliphatic heterocycles. The fourth-order valence-corrected chi connectivity index (χ4v) is 0.718. The molecule has 0 aromatic carbocycles. The van der Waals surface area contributed by atoms with E-state index in [9.17, 15) is 0 Å². The Morgan fingerprint density at radius 2 is 1.82 bits per heavy atom. The van der Waals surface area contributed by atoms with Crippen LogP contribution < -0.4 is 0 Å². The maximum Gasteiger partial charge on any atom is 0.633 e. The third kappa shape index (κ3) is 13.5. The quantitative estimate of drug-likeness (QED) is 0.496. The normalized spacial score (nSPS) is 9.00. The van der Waals surface area contributed by atoms with Crippen LogP contribution in [-0.4, -0.2) is 24.0 Å². The molecular formula is C6H15BCuO3. The first-order chi connectivity index (χ1) is 4.77. The third-order valence-corrected chi connectivity index (χ3v) is 1.26. The van der Waals surface area contributed by atoms with E-state index in [0.717, 1.165) is 12.8 Å². The average molecular weight is 210 g/mol. The first-order valence-corrected chi connectivity index (χ1v) is 3.75. The molecule has 0 rings (SSSR count). The van der Waals surface area contributed by atoms with Gasteiger partial charge in [0.1, 0.15) is 0 Å². The van der Waals surface area contributed by atoms with Crippen LogP contribution in [0, 0.1) is 0 Å². The van der Waals surface area contributed by atoms with Gasteiger partial charge in [0.2, 0.25) is 0 Å². The number of rotatable bonds is 6. The van der Waals surface area contributed by atoms with Gasteiger partial charge in [0, 0.05) is 23.7 Å². The van der Waals surface area contributed by atoms with Crippen LogP contribution >= 0.6 is 0 Å². The molecule has 3 nitrogen and oxygen atoms in total. The first kappa shape index (κ1) is 14.0. The second-order valence-electron chi connectivity index (χ2n) is 2.26. The number of hydrogen-bond acceptors (Lipinski definition) is 3. The van der Waals surface area contributed by atoms with Crippen LogP contribution in [0.2, 0.25) is 0 Å². The van der Waals surface area contributed by atoms with Crippen molar-refractivity contribution < 1.29 is 31.8 Å². The molecule has 0 atom stereocenters. The second kappa shape index (κ2) is 10.5. The summed E-state index contributed by atoms with van der Waals surface area (Å²) in [5.41, 5.74) is 0. The molecular weight excluding hydrogens is 194 g/mol. The Bertz CT molecular complexity index is 72.8. The van der Waals surface area contributed by atoms with Crippen molar-refractivity contribution in [2.45, 2.75) is 32.6 Å². The standard InChI is InChI=1S/C6H15BO3.Cu/c1-2-3-4-5-6-10-7(8)9;/h8-9H,2-6H2,1H3;. The summed E-state index contributed by atoms with van der Waals surface area (Å²) in [5.74, 6) is 0. The molecule has 5 heteroatoms. The Balaban J connectivity index is 0. The van der Waals surface area contributed by atoms with Gasteiger partial charge >= 0.3 is 7.32 Å². The largest absolute Gasteiger partial charge is 0.633 e. The minimum Gasteiger partial charge on any atom is -0.402 e. The van der Waals surface area contributed by atoms with Gasteiger partial charge in [-0.1, -0.05) is 26.2 Å². The van der Waals surface area contributed by atoms with Crippen LogP contribution in [0.25, 0.3) is 0 Å². The van der Waals surface area contributed by atoms with Crippen LogP contribution in [0.1, 0.15) is 32.6 Å². The fourth-order valence-electron chi connectivity index (χ4n) is 0.718. The zero-order chi connectivity index (χ0) is 7.82. The van der Waals surface area contributed by atoms with Gasteiger partial charge in [-0.15, -0.1) is 0 Å². The Morgan fingerprint density at radius 1 is 1.18 bits per heavy atom. The molecule has 0 aliphatic carbocycles. The summed E-state index contributed by atoms with van der Waals surface area (Å²) in [6, 6.07) is 0. The SMILES string of the molecule is CCCCCCOB(O)O.[Cu]. The maximum atomic E-state index is 8.24. The van der Waals surface area contributed by atoms with Gasteiger partial charge < -0.3 is 14.7 Å². The van der Waals surface area contributed by atoms with Crippen molar-refractivity contribution in [2.24, 2.45) is 0 Å². The Morgan fingerprint density at radius 3 is 2.27 bits per heavy atom. The van der Waals surface area contributed by atoms with E-state index in [-0.39, 0.29) is 17.1 Å². The molecule has 0 amide bonds. The predicted octanol–water partition coefficient (Wildman–Crippen LogP) is 0.550. The molecule has 0 heterocycles. The van der Waals surface area contributed by atoms with E-state index in [1.54, 1.807) is 0 Å². The molecule has 0 aromatic heterocycles. The van der Waals surface area contributed by atoms with Crippen LogP contribution in [-0.2, 0) is 21.7 Å². The number of unbranched alkanes of at least 4 members (excludes halogenated alkanes) is 3. The molecule has 0 aliphatic rings. The van der Waals surface area contributed by atoms with E-state index in [4.69, 9.17) is 10.0 Å². The van der Waals surface area contributed by atoms with Crippen molar-refractivity contribution >= 4 is 7.32 Å². The van der Waals surface area contributed by atoms with E-state index >= 15 is 0 Å². The summed E-state index contributed by atoms with van der Waals surface area (Å²) in [4.78, 5) is 0. The molecule has 0 bridgehead atoms. The Kier molecular flexibility index (Phi) is 13.3. The molecule has 1 radical (unpaired) electrons. The predicted molar refractivity (Wildman–Crippen MR) is 40.3 cm³/mol. The topological polar surface area (TPSA) is 49.7 Å². The van der Waals surface area contributed by atoms with Gasteiger partial charge in [-0.25, -0.2) is 0 Å². The molecule has 2 N–H and O–H groups in total. The third-order valence-electron chi connectivity index (χ3n) is 1.26. The van der Waals surface area contributed by atoms with Gasteiger partial charge in [-0.2, -0.15) is 0 Å². The minimum absolute atomic E-state index is 0. The van der Waals surface area contributed by atoms with Crippen molar-refractivity contribution in [2.75, 3.05) is 6.61 Å². The van der Waals surface area contributed by atoms with E-state index in [1.807, 2.05) is 0 Å². The smallest absolute Gasteiger partial charge is 0.402 e. The van der Waals surface area contributed by atoms with Crippen molar-refractivity contribution in [3.8, 4) is 0 Å². The average Bonchev–Trinajstić information content (AvgIpc) is 1.87. The van der Waals surface area contributed by atoms with Crippen LogP contribution in [0.3, 0.4) is 0 Å². The summed E-state index contributed by atoms with van der Waals surface area (Å²) >= 11 is 0. The van der Waals surface area contributed by atoms with Gasteiger partial charge in [0.25, 0.3) is 0 Å². The van der Waals surface area contributed by atoms with Crippen LogP contribution in [0.15, 0.2) is 0 Å². The van der Waals surface area contributed by atoms with Crippen molar-refractivity contribution in [1.29, 1.82) is 0 Å². The van der Waals surface area contributed by atoms with Crippen LogP contribution in [0.5, 0.6) is 0 Å². The summed E-state index contributed by atoms with van der Waals surface area (Å²) in [5, 5.41) is 16.5. The zero-order valence-electron chi connectivity index (χ0n) is 6.72. The summed E-state index contributed by atoms with van der Waals surface area (Å²) in [6.45, 7) is 2.57. The van der Waals surface area contributed by atoms with Gasteiger partial charge in [0.15, 0.2) is 0 Å². The Hall–Kier alpha value is 0.464. The monoisotopic (exact) mass is 209 g/mol. The molecule has 71 valence electrons. The molecule has 0 spiro atoms. The number of hydrogen-bond donors (Lipinski definition) is 2. The molecule has 0 unspecified atom stereocenters. The first-order valence-electron chi connectivity index (χ1n) is 3.75. The molecule has 0 aromatic rings. The molecule has 0 saturated heterocycles. The van der Waals surface area contributed by atoms with E-state index in [1.165, 1.54) is 12.8 Å². The van der Waals surface area contributed by atoms with E-state index < -0.39 is 7.32 Å². The minimum atomic E-state index is -1.60. The van der Waals surface area contributed by atoms with Gasteiger partial charge in [0.05, 0.1) is 0 Å². The molecule has 0 fully saturated rings. The van der Waals surface area contributed by atoms with Gasteiger partial charge in [-0.3, -0.25) is 0 Å². The summed E-state index contributed by atoms with van der Waals surface area (Å²) in [6.07, 6.45) is 4.38. The van der Waals surface area contributed by atoms with Crippen molar-refractivity contribution in [3.05, 3.63) is 0 Å². The molecule has 0 saturated carbocycles. The maximum absolute atomic E-state index is 8.24. The van der Waals surface area contributed by atoms with E-state index in [2.05, 4.69) is 11.6 Å². The zero-order valence-corrected chi connectivity index (χ0v) is 7.66. The van der Waals surface area contributed by atoms with E-state index in [0.29, 0.717) is 6.61 Å². The Labute approximate surface area is 78.8 Å². The van der Waals surface area contributed by atoms with Gasteiger partial charge in [-0.05, 0) is 6.42 Å².